The topological polar surface area (TPSA) is 50.1 Å². The number of fused-ring (bicyclic) bond motifs is 1. The number of nitrogens with zero attached hydrogens (tertiary/aromatic N) is 4. The lowest BCUT2D eigenvalue weighted by Crippen LogP contribution is -2.48. The predicted molar refractivity (Wildman–Crippen MR) is 112 cm³/mol. The molecule has 4 rings (SSSR count). The number of piperazine rings is 1. The number of carbonyl (C=O) groups is 1. The fourth-order valence-corrected chi connectivity index (χ4v) is 4.20. The van der Waals surface area contributed by atoms with E-state index >= 15 is 0 Å². The minimum Gasteiger partial charge on any atom is -0.496 e. The molecule has 1 aliphatic rings. The molecule has 3 heterocycles. The molecule has 0 saturated carbocycles. The molecule has 0 bridgehead atoms. The Balaban J connectivity index is 1.41. The molecule has 6 nitrogen and oxygen atoms in total. The first kappa shape index (κ1) is 19.0. The summed E-state index contributed by atoms with van der Waals surface area (Å²) in [6.45, 7) is 6.04. The highest BCUT2D eigenvalue weighted by molar-refractivity contribution is 9.10. The third kappa shape index (κ3) is 3.64. The zero-order chi connectivity index (χ0) is 19.7. The van der Waals surface area contributed by atoms with Crippen LogP contribution in [0, 0.1) is 6.92 Å². The highest BCUT2D eigenvalue weighted by Crippen LogP contribution is 2.26. The van der Waals surface area contributed by atoms with E-state index in [2.05, 4.69) is 43.3 Å². The van der Waals surface area contributed by atoms with Crippen molar-refractivity contribution < 1.29 is 9.53 Å². The normalized spacial score (nSPS) is 15.2. The van der Waals surface area contributed by atoms with Gasteiger partial charge in [-0.1, -0.05) is 6.07 Å². The number of rotatable bonds is 4. The van der Waals surface area contributed by atoms with Crippen molar-refractivity contribution in [2.75, 3.05) is 33.3 Å². The fraction of sp³-hybridized carbons (Fsp3) is 0.333. The molecule has 3 aromatic rings. The number of halogens is 1. The van der Waals surface area contributed by atoms with Crippen LogP contribution in [0.1, 0.15) is 21.7 Å². The van der Waals surface area contributed by atoms with Crippen LogP contribution in [0.3, 0.4) is 0 Å². The van der Waals surface area contributed by atoms with Crippen molar-refractivity contribution in [3.05, 3.63) is 64.0 Å². The molecule has 1 aliphatic heterocycles. The summed E-state index contributed by atoms with van der Waals surface area (Å²) >= 11 is 3.46. The van der Waals surface area contributed by atoms with Gasteiger partial charge in [-0.2, -0.15) is 0 Å². The lowest BCUT2D eigenvalue weighted by Gasteiger charge is -2.34. The van der Waals surface area contributed by atoms with Crippen LogP contribution in [0.4, 0.5) is 0 Å². The molecule has 1 saturated heterocycles. The Kier molecular flexibility index (Phi) is 5.37. The molecule has 0 atom stereocenters. The Hall–Kier alpha value is -2.38. The molecule has 1 amide bonds. The number of aromatic nitrogens is 2. The van der Waals surface area contributed by atoms with Gasteiger partial charge in [0.1, 0.15) is 11.4 Å². The first-order valence-electron chi connectivity index (χ1n) is 9.34. The molecule has 0 N–H and O–H groups in total. The van der Waals surface area contributed by atoms with Crippen molar-refractivity contribution in [1.82, 2.24) is 19.2 Å². The van der Waals surface area contributed by atoms with Crippen LogP contribution in [-0.2, 0) is 6.54 Å². The number of aryl methyl sites for hydroxylation is 1. The number of pyridine rings is 1. The Morgan fingerprint density at radius 1 is 1.18 bits per heavy atom. The number of methoxy groups -OCH3 is 1. The lowest BCUT2D eigenvalue weighted by atomic mass is 10.1. The van der Waals surface area contributed by atoms with Gasteiger partial charge in [-0.25, -0.2) is 4.98 Å². The number of benzene rings is 1. The molecule has 7 heteroatoms. The summed E-state index contributed by atoms with van der Waals surface area (Å²) in [6, 6.07) is 11.5. The van der Waals surface area contributed by atoms with Gasteiger partial charge < -0.3 is 14.0 Å². The molecule has 28 heavy (non-hydrogen) atoms. The second-order valence-corrected chi connectivity index (χ2v) is 7.84. The molecule has 146 valence electrons. The molecule has 1 aromatic carbocycles. The summed E-state index contributed by atoms with van der Waals surface area (Å²) in [7, 11) is 1.62. The van der Waals surface area contributed by atoms with E-state index in [0.717, 1.165) is 54.3 Å². The monoisotopic (exact) mass is 442 g/mol. The predicted octanol–water partition coefficient (Wildman–Crippen LogP) is 3.37. The van der Waals surface area contributed by atoms with Gasteiger partial charge in [-0.15, -0.1) is 0 Å². The van der Waals surface area contributed by atoms with Gasteiger partial charge >= 0.3 is 0 Å². The highest BCUT2D eigenvalue weighted by Gasteiger charge is 2.24. The largest absolute Gasteiger partial charge is 0.496 e. The quantitative estimate of drug-likeness (QED) is 0.621. The Morgan fingerprint density at radius 3 is 2.68 bits per heavy atom. The number of hydrogen-bond acceptors (Lipinski definition) is 4. The van der Waals surface area contributed by atoms with Gasteiger partial charge in [0.15, 0.2) is 0 Å². The zero-order valence-electron chi connectivity index (χ0n) is 16.1. The number of ether oxygens (including phenoxy) is 1. The second-order valence-electron chi connectivity index (χ2n) is 6.99. The van der Waals surface area contributed by atoms with Crippen molar-refractivity contribution in [3.8, 4) is 5.75 Å². The van der Waals surface area contributed by atoms with E-state index in [0.29, 0.717) is 5.56 Å². The smallest absolute Gasteiger partial charge is 0.253 e. The first-order valence-corrected chi connectivity index (χ1v) is 10.1. The molecular formula is C21H23BrN4O2. The Morgan fingerprint density at radius 2 is 1.96 bits per heavy atom. The molecule has 1 fully saturated rings. The summed E-state index contributed by atoms with van der Waals surface area (Å²) in [5.41, 5.74) is 3.94. The highest BCUT2D eigenvalue weighted by atomic mass is 79.9. The summed E-state index contributed by atoms with van der Waals surface area (Å²) in [5.74, 6) is 0.791. The van der Waals surface area contributed by atoms with Crippen molar-refractivity contribution in [2.45, 2.75) is 13.5 Å². The Labute approximate surface area is 172 Å². The van der Waals surface area contributed by atoms with E-state index in [4.69, 9.17) is 4.74 Å². The number of carbonyl (C=O) groups excluding carboxylic acids is 1. The van der Waals surface area contributed by atoms with Gasteiger partial charge in [-0.3, -0.25) is 9.69 Å². The number of imidazole rings is 1. The van der Waals surface area contributed by atoms with E-state index in [-0.39, 0.29) is 5.91 Å². The van der Waals surface area contributed by atoms with Gasteiger partial charge in [0, 0.05) is 44.5 Å². The third-order valence-electron chi connectivity index (χ3n) is 5.26. The van der Waals surface area contributed by atoms with Crippen molar-refractivity contribution in [3.63, 3.8) is 0 Å². The number of amides is 1. The average Bonchev–Trinajstić information content (AvgIpc) is 3.03. The van der Waals surface area contributed by atoms with E-state index < -0.39 is 0 Å². The summed E-state index contributed by atoms with van der Waals surface area (Å²) in [4.78, 5) is 21.8. The van der Waals surface area contributed by atoms with Gasteiger partial charge in [0.2, 0.25) is 0 Å². The maximum absolute atomic E-state index is 12.8. The van der Waals surface area contributed by atoms with Gasteiger partial charge in [-0.05, 0) is 53.2 Å². The molecule has 0 aliphatic carbocycles. The van der Waals surface area contributed by atoms with Gasteiger partial charge in [0.25, 0.3) is 5.91 Å². The van der Waals surface area contributed by atoms with E-state index in [1.54, 1.807) is 7.11 Å². The fourth-order valence-electron chi connectivity index (χ4n) is 3.66. The zero-order valence-corrected chi connectivity index (χ0v) is 17.6. The van der Waals surface area contributed by atoms with Crippen molar-refractivity contribution >= 4 is 27.5 Å². The van der Waals surface area contributed by atoms with Crippen LogP contribution in [0.15, 0.2) is 47.1 Å². The van der Waals surface area contributed by atoms with Gasteiger partial charge in [0.05, 0.1) is 23.0 Å². The number of hydrogen-bond donors (Lipinski definition) is 0. The second kappa shape index (κ2) is 7.93. The van der Waals surface area contributed by atoms with E-state index in [1.165, 1.54) is 5.69 Å². The van der Waals surface area contributed by atoms with Crippen LogP contribution >= 0.6 is 15.9 Å². The van der Waals surface area contributed by atoms with Crippen molar-refractivity contribution in [2.24, 2.45) is 0 Å². The molecular weight excluding hydrogens is 420 g/mol. The maximum atomic E-state index is 12.8. The van der Waals surface area contributed by atoms with E-state index in [9.17, 15) is 4.79 Å². The van der Waals surface area contributed by atoms with E-state index in [1.807, 2.05) is 41.3 Å². The van der Waals surface area contributed by atoms with Crippen LogP contribution in [0.25, 0.3) is 5.65 Å². The molecule has 2 aromatic heterocycles. The summed E-state index contributed by atoms with van der Waals surface area (Å²) < 4.78 is 8.19. The molecule has 0 spiro atoms. The minimum absolute atomic E-state index is 0.0639. The SMILES string of the molecule is COc1ccc(C(=O)N2CCN(Cc3c(C)nc4ccccn34)CC2)cc1Br. The standard InChI is InChI=1S/C21H23BrN4O2/c1-15-18(26-8-4-3-5-20(26)23-15)14-24-9-11-25(12-10-24)21(27)16-6-7-19(28-2)17(22)13-16/h3-8,13H,9-12,14H2,1-2H3. The van der Waals surface area contributed by atoms with Crippen molar-refractivity contribution in [1.29, 1.82) is 0 Å². The third-order valence-corrected chi connectivity index (χ3v) is 5.88. The van der Waals surface area contributed by atoms with Crippen LogP contribution < -0.4 is 4.74 Å². The average molecular weight is 443 g/mol. The maximum Gasteiger partial charge on any atom is 0.253 e. The molecule has 0 unspecified atom stereocenters. The minimum atomic E-state index is 0.0639. The van der Waals surface area contributed by atoms with Crippen LogP contribution in [-0.4, -0.2) is 58.4 Å². The Bertz CT molecular complexity index is 1010. The molecule has 0 radical (unpaired) electrons. The summed E-state index contributed by atoms with van der Waals surface area (Å²) in [5, 5.41) is 0. The summed E-state index contributed by atoms with van der Waals surface area (Å²) in [6.07, 6.45) is 2.06. The first-order chi connectivity index (χ1) is 13.6. The lowest BCUT2D eigenvalue weighted by molar-refractivity contribution is 0.0626. The van der Waals surface area contributed by atoms with Crippen LogP contribution in [0.5, 0.6) is 5.75 Å². The van der Waals surface area contributed by atoms with Crippen LogP contribution in [0.2, 0.25) is 0 Å².